The predicted octanol–water partition coefficient (Wildman–Crippen LogP) is 4.57. The second-order valence-corrected chi connectivity index (χ2v) is 16.3. The average molecular weight is 760 g/mol. The Morgan fingerprint density at radius 2 is 1.60 bits per heavy atom. The smallest absolute Gasteiger partial charge is 0.335 e. The quantitative estimate of drug-likeness (QED) is 0.187. The van der Waals surface area contributed by atoms with Gasteiger partial charge >= 0.3 is 11.7 Å². The Balaban J connectivity index is 1.55. The summed E-state index contributed by atoms with van der Waals surface area (Å²) in [6, 6.07) is 8.21. The molecular formula is C35H39F2N5O8S2. The van der Waals surface area contributed by atoms with E-state index in [0.717, 1.165) is 4.57 Å². The van der Waals surface area contributed by atoms with Crippen LogP contribution in [0, 0.1) is 30.9 Å². The van der Waals surface area contributed by atoms with Gasteiger partial charge in [-0.3, -0.25) is 19.1 Å². The molecule has 0 aliphatic heterocycles. The van der Waals surface area contributed by atoms with Crippen LogP contribution in [-0.4, -0.2) is 47.5 Å². The summed E-state index contributed by atoms with van der Waals surface area (Å²) < 4.78 is 65.7. The number of sulfonamides is 1. The number of esters is 1. The highest BCUT2D eigenvalue weighted by molar-refractivity contribution is 7.94. The van der Waals surface area contributed by atoms with Crippen LogP contribution in [0.5, 0.6) is 0 Å². The van der Waals surface area contributed by atoms with Crippen LogP contribution in [0.4, 0.5) is 19.5 Å². The lowest BCUT2D eigenvalue weighted by molar-refractivity contribution is -0.149. The van der Waals surface area contributed by atoms with Crippen LogP contribution in [0.25, 0.3) is 5.69 Å². The third-order valence-electron chi connectivity index (χ3n) is 7.93. The van der Waals surface area contributed by atoms with Crippen molar-refractivity contribution in [2.24, 2.45) is 12.5 Å². The Morgan fingerprint density at radius 3 is 2.19 bits per heavy atom. The summed E-state index contributed by atoms with van der Waals surface area (Å²) in [6.07, 6.45) is -0.754. The van der Waals surface area contributed by atoms with E-state index in [1.165, 1.54) is 41.0 Å². The van der Waals surface area contributed by atoms with Crippen LogP contribution >= 0.6 is 11.3 Å². The molecule has 4 rings (SSSR count). The number of hydrogen-bond acceptors (Lipinski definition) is 9. The van der Waals surface area contributed by atoms with Crippen molar-refractivity contribution in [3.63, 3.8) is 0 Å². The summed E-state index contributed by atoms with van der Waals surface area (Å²) in [6.45, 7) is 11.5. The second-order valence-electron chi connectivity index (χ2n) is 13.3. The predicted molar refractivity (Wildman–Crippen MR) is 193 cm³/mol. The third kappa shape index (κ3) is 8.82. The zero-order valence-electron chi connectivity index (χ0n) is 29.7. The summed E-state index contributed by atoms with van der Waals surface area (Å²) in [4.78, 5) is 64.2. The van der Waals surface area contributed by atoms with Gasteiger partial charge in [-0.25, -0.2) is 31.4 Å². The number of halogens is 2. The van der Waals surface area contributed by atoms with Crippen molar-refractivity contribution in [1.82, 2.24) is 14.5 Å². The molecule has 0 fully saturated rings. The number of benzene rings is 2. The van der Waals surface area contributed by atoms with Crippen molar-refractivity contribution in [1.29, 1.82) is 0 Å². The number of ether oxygens (including phenoxy) is 1. The van der Waals surface area contributed by atoms with E-state index in [2.05, 4.69) is 10.6 Å². The molecule has 2 amide bonds. The number of aromatic nitrogens is 2. The summed E-state index contributed by atoms with van der Waals surface area (Å²) in [5, 5.41) is 5.19. The number of carbonyl (C=O) groups is 3. The van der Waals surface area contributed by atoms with E-state index in [4.69, 9.17) is 4.74 Å². The fourth-order valence-corrected chi connectivity index (χ4v) is 7.03. The van der Waals surface area contributed by atoms with Gasteiger partial charge in [0, 0.05) is 36.2 Å². The molecule has 2 aromatic carbocycles. The summed E-state index contributed by atoms with van der Waals surface area (Å²) in [5.74, 6) is -4.98. The third-order valence-corrected chi connectivity index (χ3v) is 10.8. The molecule has 0 saturated carbocycles. The Labute approximate surface area is 302 Å². The van der Waals surface area contributed by atoms with Gasteiger partial charge in [-0.2, -0.15) is 0 Å². The normalized spacial score (nSPS) is 12.4. The van der Waals surface area contributed by atoms with E-state index in [1.807, 2.05) is 4.72 Å². The number of hydrogen-bond donors (Lipinski definition) is 3. The van der Waals surface area contributed by atoms with Gasteiger partial charge in [0.2, 0.25) is 5.91 Å². The zero-order valence-corrected chi connectivity index (χ0v) is 31.3. The SMILES string of the molecule is Cc1c(C)n(C)c(=O)n(-c2ccc(C[C@H](NC(=O)c3cc(F)c(NS(=O)(=O)c4ccc(NC(=O)C(C)(C)C)s4)cc3F)C(=O)OC(C)C)cc2)c1=O. The first kappa shape index (κ1) is 39.6. The van der Waals surface area contributed by atoms with Crippen LogP contribution in [0.1, 0.15) is 61.8 Å². The molecule has 0 radical (unpaired) electrons. The van der Waals surface area contributed by atoms with Crippen LogP contribution in [0.15, 0.2) is 62.3 Å². The number of amides is 2. The summed E-state index contributed by atoms with van der Waals surface area (Å²) in [5.41, 5.74) is -1.74. The molecule has 2 heterocycles. The Kier molecular flexibility index (Phi) is 11.6. The Morgan fingerprint density at radius 1 is 0.962 bits per heavy atom. The first-order valence-corrected chi connectivity index (χ1v) is 18.2. The lowest BCUT2D eigenvalue weighted by Gasteiger charge is -2.20. The Bertz CT molecular complexity index is 2230. The average Bonchev–Trinajstić information content (AvgIpc) is 3.53. The van der Waals surface area contributed by atoms with Crippen molar-refractivity contribution in [3.05, 3.63) is 103 Å². The summed E-state index contributed by atoms with van der Waals surface area (Å²) in [7, 11) is -2.89. The highest BCUT2D eigenvalue weighted by Gasteiger charge is 2.28. The van der Waals surface area contributed by atoms with Crippen LogP contribution < -0.4 is 26.6 Å². The molecule has 52 heavy (non-hydrogen) atoms. The summed E-state index contributed by atoms with van der Waals surface area (Å²) >= 11 is 0.702. The minimum absolute atomic E-state index is 0.168. The van der Waals surface area contributed by atoms with Crippen molar-refractivity contribution in [3.8, 4) is 5.69 Å². The minimum atomic E-state index is -4.43. The van der Waals surface area contributed by atoms with E-state index in [0.29, 0.717) is 40.3 Å². The molecular weight excluding hydrogens is 721 g/mol. The van der Waals surface area contributed by atoms with Crippen molar-refractivity contribution in [2.75, 3.05) is 10.0 Å². The van der Waals surface area contributed by atoms with Gasteiger partial charge in [-0.1, -0.05) is 32.9 Å². The second kappa shape index (κ2) is 15.2. The minimum Gasteiger partial charge on any atom is -0.461 e. The first-order chi connectivity index (χ1) is 24.1. The van der Waals surface area contributed by atoms with E-state index < -0.39 is 73.6 Å². The standard InChI is InChI=1S/C35H39F2N5O8S2/c1-18(2)50-32(45)27(15-21-9-11-22(12-10-21)42-31(44)19(3)20(4)41(8)34(42)47)38-30(43)23-16-25(37)26(17-24(23)36)40-52(48,49)29-14-13-28(51-29)39-33(46)35(5,6)7/h9-14,16-18,27,40H,15H2,1-8H3,(H,38,43)(H,39,46)/t27-/m0/s1. The van der Waals surface area contributed by atoms with E-state index in [-0.39, 0.29) is 27.2 Å². The van der Waals surface area contributed by atoms with E-state index in [1.54, 1.807) is 55.5 Å². The van der Waals surface area contributed by atoms with E-state index in [9.17, 15) is 32.4 Å². The van der Waals surface area contributed by atoms with Crippen LogP contribution in [0.2, 0.25) is 0 Å². The monoisotopic (exact) mass is 759 g/mol. The number of carbonyl (C=O) groups excluding carboxylic acids is 3. The maximum Gasteiger partial charge on any atom is 0.335 e. The molecule has 1 atom stereocenters. The topological polar surface area (TPSA) is 175 Å². The molecule has 17 heteroatoms. The largest absolute Gasteiger partial charge is 0.461 e. The molecule has 0 aliphatic rings. The van der Waals surface area contributed by atoms with Gasteiger partial charge in [-0.15, -0.1) is 11.3 Å². The molecule has 4 aromatic rings. The highest BCUT2D eigenvalue weighted by atomic mass is 32.2. The number of rotatable bonds is 11. The van der Waals surface area contributed by atoms with Crippen LogP contribution in [0.3, 0.4) is 0 Å². The zero-order chi connectivity index (χ0) is 38.9. The molecule has 3 N–H and O–H groups in total. The molecule has 278 valence electrons. The van der Waals surface area contributed by atoms with Crippen LogP contribution in [-0.2, 0) is 37.8 Å². The number of nitrogens with zero attached hydrogens (tertiary/aromatic N) is 2. The number of nitrogens with one attached hydrogen (secondary N) is 3. The highest BCUT2D eigenvalue weighted by Crippen LogP contribution is 2.30. The number of anilines is 2. The molecule has 0 saturated heterocycles. The number of thiophene rings is 1. The molecule has 2 aromatic heterocycles. The van der Waals surface area contributed by atoms with Gasteiger partial charge in [0.1, 0.15) is 21.9 Å². The molecule has 0 unspecified atom stereocenters. The van der Waals surface area contributed by atoms with Crippen molar-refractivity contribution < 1.29 is 36.3 Å². The lowest BCUT2D eigenvalue weighted by Crippen LogP contribution is -2.44. The maximum absolute atomic E-state index is 15.3. The lowest BCUT2D eigenvalue weighted by atomic mass is 9.96. The van der Waals surface area contributed by atoms with Gasteiger partial charge in [0.15, 0.2) is 0 Å². The fraction of sp³-hybridized carbons (Fsp3) is 0.343. The van der Waals surface area contributed by atoms with Gasteiger partial charge in [0.25, 0.3) is 21.5 Å². The Hall–Kier alpha value is -5.16. The first-order valence-electron chi connectivity index (χ1n) is 15.9. The van der Waals surface area contributed by atoms with Gasteiger partial charge in [-0.05, 0) is 63.6 Å². The fourth-order valence-electron chi connectivity index (χ4n) is 4.77. The van der Waals surface area contributed by atoms with Gasteiger partial charge in [0.05, 0.1) is 28.0 Å². The van der Waals surface area contributed by atoms with Crippen molar-refractivity contribution in [2.45, 2.75) is 71.2 Å². The maximum atomic E-state index is 15.3. The van der Waals surface area contributed by atoms with E-state index >= 15 is 8.78 Å². The van der Waals surface area contributed by atoms with Crippen molar-refractivity contribution >= 4 is 49.8 Å². The molecule has 0 aliphatic carbocycles. The molecule has 0 bridgehead atoms. The molecule has 0 spiro atoms. The molecule has 13 nitrogen and oxygen atoms in total. The van der Waals surface area contributed by atoms with Gasteiger partial charge < -0.3 is 19.9 Å².